The van der Waals surface area contributed by atoms with Crippen LogP contribution in [0.3, 0.4) is 0 Å². The van der Waals surface area contributed by atoms with Crippen molar-refractivity contribution in [3.05, 3.63) is 26.6 Å². The zero-order valence-corrected chi connectivity index (χ0v) is 18.2. The summed E-state index contributed by atoms with van der Waals surface area (Å²) in [6.45, 7) is 10.5. The SMILES string of the molecule is CCOC(=O)C(CC)n1c(CN(CC)CC)nc2sc3c(c2c1=O)CCCC3. The highest BCUT2D eigenvalue weighted by molar-refractivity contribution is 7.18. The minimum Gasteiger partial charge on any atom is -0.464 e. The first-order chi connectivity index (χ1) is 13.5. The molecule has 0 aromatic carbocycles. The van der Waals surface area contributed by atoms with E-state index in [2.05, 4.69) is 18.7 Å². The molecule has 28 heavy (non-hydrogen) atoms. The van der Waals surface area contributed by atoms with Crippen LogP contribution in [0.5, 0.6) is 0 Å². The van der Waals surface area contributed by atoms with E-state index in [0.29, 0.717) is 25.4 Å². The van der Waals surface area contributed by atoms with Crippen LogP contribution in [-0.4, -0.2) is 40.1 Å². The quantitative estimate of drug-likeness (QED) is 0.627. The van der Waals surface area contributed by atoms with E-state index in [1.165, 1.54) is 11.3 Å². The zero-order valence-electron chi connectivity index (χ0n) is 17.4. The number of aromatic nitrogens is 2. The molecule has 0 amide bonds. The molecule has 2 aromatic rings. The van der Waals surface area contributed by atoms with Crippen molar-refractivity contribution in [2.45, 2.75) is 72.4 Å². The average Bonchev–Trinajstić information content (AvgIpc) is 3.07. The number of rotatable bonds is 8. The third kappa shape index (κ3) is 3.87. The molecule has 3 rings (SSSR count). The molecule has 1 aliphatic carbocycles. The van der Waals surface area contributed by atoms with Crippen molar-refractivity contribution in [2.75, 3.05) is 19.7 Å². The molecule has 0 bridgehead atoms. The van der Waals surface area contributed by atoms with E-state index in [9.17, 15) is 9.59 Å². The average molecular weight is 406 g/mol. The normalized spacial score (nSPS) is 15.0. The van der Waals surface area contributed by atoms with Gasteiger partial charge in [0.05, 0.1) is 18.5 Å². The molecular weight excluding hydrogens is 374 g/mol. The summed E-state index contributed by atoms with van der Waals surface area (Å²) in [5, 5.41) is 0.728. The van der Waals surface area contributed by atoms with Gasteiger partial charge in [0.1, 0.15) is 16.7 Å². The van der Waals surface area contributed by atoms with Gasteiger partial charge in [0, 0.05) is 4.88 Å². The predicted molar refractivity (Wildman–Crippen MR) is 113 cm³/mol. The van der Waals surface area contributed by atoms with E-state index < -0.39 is 6.04 Å². The number of fused-ring (bicyclic) bond motifs is 3. The second-order valence-electron chi connectivity index (χ2n) is 7.23. The van der Waals surface area contributed by atoms with Crippen molar-refractivity contribution >= 4 is 27.5 Å². The minimum atomic E-state index is -0.631. The maximum absolute atomic E-state index is 13.7. The van der Waals surface area contributed by atoms with Gasteiger partial charge in [-0.2, -0.15) is 0 Å². The van der Waals surface area contributed by atoms with Crippen LogP contribution < -0.4 is 5.56 Å². The Labute approximate surface area is 170 Å². The molecule has 0 aliphatic heterocycles. The fraction of sp³-hybridized carbons (Fsp3) is 0.667. The summed E-state index contributed by atoms with van der Waals surface area (Å²) < 4.78 is 6.91. The lowest BCUT2D eigenvalue weighted by atomic mass is 9.97. The number of carbonyl (C=O) groups excluding carboxylic acids is 1. The Bertz CT molecular complexity index is 898. The molecule has 0 fully saturated rings. The maximum atomic E-state index is 13.7. The lowest BCUT2D eigenvalue weighted by Crippen LogP contribution is -2.36. The van der Waals surface area contributed by atoms with Crippen LogP contribution in [0.4, 0.5) is 0 Å². The molecule has 7 heteroatoms. The third-order valence-corrected chi connectivity index (χ3v) is 6.80. The summed E-state index contributed by atoms with van der Waals surface area (Å²) in [6.07, 6.45) is 4.73. The van der Waals surface area contributed by atoms with Crippen LogP contribution in [0.2, 0.25) is 0 Å². The third-order valence-electron chi connectivity index (χ3n) is 5.61. The van der Waals surface area contributed by atoms with Crippen molar-refractivity contribution in [1.29, 1.82) is 0 Å². The topological polar surface area (TPSA) is 64.4 Å². The Morgan fingerprint density at radius 2 is 1.93 bits per heavy atom. The van der Waals surface area contributed by atoms with Gasteiger partial charge in [-0.1, -0.05) is 20.8 Å². The van der Waals surface area contributed by atoms with Crippen molar-refractivity contribution in [3.8, 4) is 0 Å². The molecule has 154 valence electrons. The van der Waals surface area contributed by atoms with Gasteiger partial charge < -0.3 is 4.74 Å². The van der Waals surface area contributed by atoms with E-state index in [-0.39, 0.29) is 11.5 Å². The largest absolute Gasteiger partial charge is 0.464 e. The van der Waals surface area contributed by atoms with Gasteiger partial charge in [0.2, 0.25) is 0 Å². The molecule has 6 nitrogen and oxygen atoms in total. The summed E-state index contributed by atoms with van der Waals surface area (Å²) in [5.74, 6) is 0.317. The Kier molecular flexibility index (Phi) is 6.88. The lowest BCUT2D eigenvalue weighted by Gasteiger charge is -2.24. The first kappa shape index (κ1) is 21.0. The molecule has 1 aliphatic rings. The van der Waals surface area contributed by atoms with Gasteiger partial charge in [0.25, 0.3) is 5.56 Å². The number of hydrogen-bond donors (Lipinski definition) is 0. The second kappa shape index (κ2) is 9.18. The summed E-state index contributed by atoms with van der Waals surface area (Å²) in [6, 6.07) is -0.631. The Balaban J connectivity index is 2.22. The number of aryl methyl sites for hydroxylation is 2. The highest BCUT2D eigenvalue weighted by Crippen LogP contribution is 2.34. The Morgan fingerprint density at radius 1 is 1.21 bits per heavy atom. The molecule has 0 saturated heterocycles. The van der Waals surface area contributed by atoms with Crippen LogP contribution in [-0.2, 0) is 28.9 Å². The standard InChI is InChI=1S/C21H31N3O3S/c1-5-15(21(26)27-8-4)24-17(13-23(6-2)7-3)22-19-18(20(24)25)14-11-9-10-12-16(14)28-19/h15H,5-13H2,1-4H3. The van der Waals surface area contributed by atoms with Gasteiger partial charge in [-0.15, -0.1) is 11.3 Å². The number of nitrogens with zero attached hydrogens (tertiary/aromatic N) is 3. The van der Waals surface area contributed by atoms with Gasteiger partial charge in [0.15, 0.2) is 0 Å². The van der Waals surface area contributed by atoms with Crippen molar-refractivity contribution in [3.63, 3.8) is 0 Å². The zero-order chi connectivity index (χ0) is 20.3. The van der Waals surface area contributed by atoms with Gasteiger partial charge in [-0.25, -0.2) is 9.78 Å². The Morgan fingerprint density at radius 3 is 2.57 bits per heavy atom. The number of thiophene rings is 1. The van der Waals surface area contributed by atoms with Gasteiger partial charge in [-0.05, 0) is 57.7 Å². The smallest absolute Gasteiger partial charge is 0.329 e. The summed E-state index contributed by atoms with van der Waals surface area (Å²) in [5.41, 5.74) is 1.08. The lowest BCUT2D eigenvalue weighted by molar-refractivity contribution is -0.147. The molecular formula is C21H31N3O3S. The predicted octanol–water partition coefficient (Wildman–Crippen LogP) is 3.69. The molecule has 2 aromatic heterocycles. The molecule has 2 heterocycles. The van der Waals surface area contributed by atoms with Crippen LogP contribution in [0, 0.1) is 0 Å². The molecule has 0 radical (unpaired) electrons. The van der Waals surface area contributed by atoms with Crippen molar-refractivity contribution < 1.29 is 9.53 Å². The fourth-order valence-electron chi connectivity index (χ4n) is 4.03. The molecule has 1 unspecified atom stereocenters. The first-order valence-electron chi connectivity index (χ1n) is 10.5. The number of ether oxygens (including phenoxy) is 1. The highest BCUT2D eigenvalue weighted by atomic mass is 32.1. The minimum absolute atomic E-state index is 0.0774. The first-order valence-corrected chi connectivity index (χ1v) is 11.3. The fourth-order valence-corrected chi connectivity index (χ4v) is 5.30. The Hall–Kier alpha value is -1.73. The molecule has 0 spiro atoms. The number of esters is 1. The molecule has 0 N–H and O–H groups in total. The van der Waals surface area contributed by atoms with E-state index in [1.807, 2.05) is 6.92 Å². The number of carbonyl (C=O) groups is 1. The van der Waals surface area contributed by atoms with Crippen molar-refractivity contribution in [2.24, 2.45) is 0 Å². The molecule has 0 saturated carbocycles. The van der Waals surface area contributed by atoms with E-state index >= 15 is 0 Å². The summed E-state index contributed by atoms with van der Waals surface area (Å²) in [4.78, 5) is 35.6. The van der Waals surface area contributed by atoms with Crippen LogP contribution in [0.25, 0.3) is 10.2 Å². The van der Waals surface area contributed by atoms with Gasteiger partial charge >= 0.3 is 5.97 Å². The van der Waals surface area contributed by atoms with E-state index in [4.69, 9.17) is 9.72 Å². The summed E-state index contributed by atoms with van der Waals surface area (Å²) in [7, 11) is 0. The van der Waals surface area contributed by atoms with Crippen LogP contribution in [0.1, 0.15) is 69.3 Å². The van der Waals surface area contributed by atoms with E-state index in [1.54, 1.807) is 22.8 Å². The highest BCUT2D eigenvalue weighted by Gasteiger charge is 2.29. The monoisotopic (exact) mass is 405 g/mol. The van der Waals surface area contributed by atoms with Crippen LogP contribution in [0.15, 0.2) is 4.79 Å². The van der Waals surface area contributed by atoms with Crippen molar-refractivity contribution in [1.82, 2.24) is 14.5 Å². The van der Waals surface area contributed by atoms with E-state index in [0.717, 1.165) is 48.1 Å². The van der Waals surface area contributed by atoms with Gasteiger partial charge in [-0.3, -0.25) is 14.3 Å². The van der Waals surface area contributed by atoms with Crippen LogP contribution >= 0.6 is 11.3 Å². The number of hydrogen-bond acceptors (Lipinski definition) is 6. The summed E-state index contributed by atoms with van der Waals surface area (Å²) >= 11 is 1.66. The maximum Gasteiger partial charge on any atom is 0.329 e. The second-order valence-corrected chi connectivity index (χ2v) is 8.32. The molecule has 1 atom stereocenters.